The highest BCUT2D eigenvalue weighted by molar-refractivity contribution is 5.97. The third-order valence-corrected chi connectivity index (χ3v) is 4.57. The molecule has 1 N–H and O–H groups in total. The monoisotopic (exact) mass is 348 g/mol. The Morgan fingerprint density at radius 3 is 2.50 bits per heavy atom. The highest BCUT2D eigenvalue weighted by Crippen LogP contribution is 2.19. The number of hydrogen-bond donors (Lipinski definition) is 1. The van der Waals surface area contributed by atoms with Crippen molar-refractivity contribution < 1.29 is 9.59 Å². The number of benzene rings is 2. The summed E-state index contributed by atoms with van der Waals surface area (Å²) in [6, 6.07) is 19.6. The second kappa shape index (κ2) is 8.48. The lowest BCUT2D eigenvalue weighted by atomic mass is 10.1. The Morgan fingerprint density at radius 1 is 0.962 bits per heavy atom. The molecule has 0 atom stereocenters. The molecule has 26 heavy (non-hydrogen) atoms. The smallest absolute Gasteiger partial charge is 0.220 e. The number of fused-ring (bicyclic) bond motifs is 1. The van der Waals surface area contributed by atoms with Gasteiger partial charge in [0.25, 0.3) is 0 Å². The van der Waals surface area contributed by atoms with Crippen LogP contribution in [-0.4, -0.2) is 22.8 Å². The van der Waals surface area contributed by atoms with Crippen molar-refractivity contribution in [3.63, 3.8) is 0 Å². The third-order valence-electron chi connectivity index (χ3n) is 4.57. The van der Waals surface area contributed by atoms with Gasteiger partial charge in [-0.25, -0.2) is 0 Å². The van der Waals surface area contributed by atoms with Gasteiger partial charge < -0.3 is 9.88 Å². The second-order valence-electron chi connectivity index (χ2n) is 6.49. The molecular formula is C22H24N2O2. The molecule has 0 radical (unpaired) electrons. The average Bonchev–Trinajstić information content (AvgIpc) is 2.99. The third kappa shape index (κ3) is 4.39. The summed E-state index contributed by atoms with van der Waals surface area (Å²) in [7, 11) is 0. The number of rotatable bonds is 8. The molecule has 3 aromatic rings. The van der Waals surface area contributed by atoms with Crippen LogP contribution >= 0.6 is 0 Å². The number of carbonyl (C=O) groups excluding carboxylic acids is 2. The Kier molecular flexibility index (Phi) is 5.84. The fourth-order valence-electron chi connectivity index (χ4n) is 3.19. The van der Waals surface area contributed by atoms with Gasteiger partial charge >= 0.3 is 0 Å². The van der Waals surface area contributed by atoms with Gasteiger partial charge in [0.05, 0.1) is 0 Å². The molecule has 0 aliphatic rings. The fraction of sp³-hybridized carbons (Fsp3) is 0.273. The van der Waals surface area contributed by atoms with Gasteiger partial charge in [-0.2, -0.15) is 0 Å². The number of amides is 1. The first-order chi connectivity index (χ1) is 12.6. The molecule has 1 amide bonds. The number of hydrogen-bond acceptors (Lipinski definition) is 2. The minimum atomic E-state index is -0.0663. The molecule has 4 nitrogen and oxygen atoms in total. The van der Waals surface area contributed by atoms with Crippen LogP contribution in [-0.2, 0) is 11.3 Å². The Hall–Kier alpha value is -2.88. The van der Waals surface area contributed by atoms with E-state index >= 15 is 0 Å². The maximum Gasteiger partial charge on any atom is 0.220 e. The van der Waals surface area contributed by atoms with Crippen molar-refractivity contribution in [1.82, 2.24) is 9.88 Å². The lowest BCUT2D eigenvalue weighted by molar-refractivity contribution is -0.121. The van der Waals surface area contributed by atoms with E-state index in [1.807, 2.05) is 30.3 Å². The molecule has 0 saturated carbocycles. The summed E-state index contributed by atoms with van der Waals surface area (Å²) >= 11 is 0. The van der Waals surface area contributed by atoms with E-state index in [0.29, 0.717) is 12.1 Å². The standard InChI is InChI=1S/C22H24N2O2/c1-17-16-19-10-5-6-11-20(19)24(17)15-7-14-23-22(26)13-12-21(25)18-8-3-2-4-9-18/h2-6,8-11,16H,7,12-15H2,1H3,(H,23,26). The van der Waals surface area contributed by atoms with Crippen molar-refractivity contribution in [3.8, 4) is 0 Å². The Bertz CT molecular complexity index is 897. The quantitative estimate of drug-likeness (QED) is 0.492. The van der Waals surface area contributed by atoms with Crippen LogP contribution in [0.1, 0.15) is 35.3 Å². The maximum atomic E-state index is 12.0. The van der Waals surface area contributed by atoms with Crippen LogP contribution < -0.4 is 5.32 Å². The molecule has 0 aliphatic heterocycles. The molecule has 1 heterocycles. The van der Waals surface area contributed by atoms with Gasteiger partial charge in [0.15, 0.2) is 5.78 Å². The molecule has 0 fully saturated rings. The van der Waals surface area contributed by atoms with Crippen LogP contribution in [0.2, 0.25) is 0 Å². The zero-order valence-corrected chi connectivity index (χ0v) is 15.1. The first-order valence-electron chi connectivity index (χ1n) is 9.05. The number of nitrogens with one attached hydrogen (secondary N) is 1. The van der Waals surface area contributed by atoms with Crippen LogP contribution in [0.15, 0.2) is 60.7 Å². The van der Waals surface area contributed by atoms with Crippen LogP contribution in [0, 0.1) is 6.92 Å². The van der Waals surface area contributed by atoms with E-state index in [9.17, 15) is 9.59 Å². The van der Waals surface area contributed by atoms with Crippen molar-refractivity contribution in [3.05, 3.63) is 71.9 Å². The minimum Gasteiger partial charge on any atom is -0.356 e. The molecule has 134 valence electrons. The van der Waals surface area contributed by atoms with Gasteiger partial charge in [-0.3, -0.25) is 9.59 Å². The first-order valence-corrected chi connectivity index (χ1v) is 9.05. The summed E-state index contributed by atoms with van der Waals surface area (Å²) in [6.45, 7) is 3.58. The summed E-state index contributed by atoms with van der Waals surface area (Å²) in [4.78, 5) is 24.0. The molecule has 1 aromatic heterocycles. The number of Topliss-reactive ketones (excluding diaryl/α,β-unsaturated/α-hetero) is 1. The van der Waals surface area contributed by atoms with Crippen molar-refractivity contribution in [2.24, 2.45) is 0 Å². The predicted octanol–water partition coefficient (Wildman–Crippen LogP) is 4.12. The number of nitrogens with zero attached hydrogens (tertiary/aromatic N) is 1. The molecule has 2 aromatic carbocycles. The highest BCUT2D eigenvalue weighted by atomic mass is 16.2. The van der Waals surface area contributed by atoms with Crippen molar-refractivity contribution in [2.75, 3.05) is 6.54 Å². The summed E-state index contributed by atoms with van der Waals surface area (Å²) < 4.78 is 2.28. The van der Waals surface area contributed by atoms with E-state index in [0.717, 1.165) is 13.0 Å². The average molecular weight is 348 g/mol. The van der Waals surface area contributed by atoms with E-state index < -0.39 is 0 Å². The lowest BCUT2D eigenvalue weighted by Crippen LogP contribution is -2.25. The van der Waals surface area contributed by atoms with Crippen LogP contribution in [0.3, 0.4) is 0 Å². The van der Waals surface area contributed by atoms with E-state index in [1.165, 1.54) is 16.6 Å². The van der Waals surface area contributed by atoms with Crippen molar-refractivity contribution in [1.29, 1.82) is 0 Å². The summed E-state index contributed by atoms with van der Waals surface area (Å²) in [5.74, 6) is -0.0569. The first kappa shape index (κ1) is 17.9. The molecule has 0 bridgehead atoms. The summed E-state index contributed by atoms with van der Waals surface area (Å²) in [5.41, 5.74) is 3.12. The molecule has 3 rings (SSSR count). The predicted molar refractivity (Wildman–Crippen MR) is 104 cm³/mol. The van der Waals surface area contributed by atoms with Gasteiger partial charge in [0, 0.05) is 42.7 Å². The highest BCUT2D eigenvalue weighted by Gasteiger charge is 2.09. The van der Waals surface area contributed by atoms with Crippen LogP contribution in [0.5, 0.6) is 0 Å². The molecule has 0 saturated heterocycles. The van der Waals surface area contributed by atoms with Crippen molar-refractivity contribution in [2.45, 2.75) is 32.7 Å². The molecule has 4 heteroatoms. The number of ketones is 1. The Balaban J connectivity index is 1.41. The lowest BCUT2D eigenvalue weighted by Gasteiger charge is -2.09. The van der Waals surface area contributed by atoms with Gasteiger partial charge in [-0.15, -0.1) is 0 Å². The van der Waals surface area contributed by atoms with E-state index in [1.54, 1.807) is 12.1 Å². The second-order valence-corrected chi connectivity index (χ2v) is 6.49. The molecule has 0 unspecified atom stereocenters. The SMILES string of the molecule is Cc1cc2ccccc2n1CCCNC(=O)CCC(=O)c1ccccc1. The molecule has 0 aliphatic carbocycles. The van der Waals surface area contributed by atoms with Crippen LogP contribution in [0.25, 0.3) is 10.9 Å². The summed E-state index contributed by atoms with van der Waals surface area (Å²) in [6.07, 6.45) is 1.34. The normalized spacial score (nSPS) is 10.8. The fourth-order valence-corrected chi connectivity index (χ4v) is 3.19. The number of aromatic nitrogens is 1. The Morgan fingerprint density at radius 2 is 1.69 bits per heavy atom. The van der Waals surface area contributed by atoms with Gasteiger partial charge in [0.1, 0.15) is 0 Å². The van der Waals surface area contributed by atoms with Gasteiger partial charge in [-0.1, -0.05) is 48.5 Å². The minimum absolute atomic E-state index is 0.00943. The zero-order chi connectivity index (χ0) is 18.4. The number of aryl methyl sites for hydroxylation is 2. The maximum absolute atomic E-state index is 12.0. The van der Waals surface area contributed by atoms with Gasteiger partial charge in [-0.05, 0) is 30.9 Å². The van der Waals surface area contributed by atoms with E-state index in [4.69, 9.17) is 0 Å². The molecule has 0 spiro atoms. The Labute approximate surface area is 153 Å². The van der Waals surface area contributed by atoms with Crippen molar-refractivity contribution >= 4 is 22.6 Å². The van der Waals surface area contributed by atoms with E-state index in [2.05, 4.69) is 35.0 Å². The topological polar surface area (TPSA) is 51.1 Å². The largest absolute Gasteiger partial charge is 0.356 e. The number of para-hydroxylation sites is 1. The van der Waals surface area contributed by atoms with Crippen LogP contribution in [0.4, 0.5) is 0 Å². The zero-order valence-electron chi connectivity index (χ0n) is 15.1. The van der Waals surface area contributed by atoms with Gasteiger partial charge in [0.2, 0.25) is 5.91 Å². The van der Waals surface area contributed by atoms with E-state index in [-0.39, 0.29) is 24.5 Å². The summed E-state index contributed by atoms with van der Waals surface area (Å²) in [5, 5.41) is 4.16. The molecular weight excluding hydrogens is 324 g/mol. The number of carbonyl (C=O) groups is 2.